The maximum absolute atomic E-state index is 12.2. The highest BCUT2D eigenvalue weighted by Gasteiger charge is 2.17. The van der Waals surface area contributed by atoms with E-state index in [-0.39, 0.29) is 18.9 Å². The van der Waals surface area contributed by atoms with E-state index in [1.54, 1.807) is 41.1 Å². The predicted molar refractivity (Wildman–Crippen MR) is 104 cm³/mol. The molecule has 0 N–H and O–H groups in total. The van der Waals surface area contributed by atoms with E-state index in [1.807, 2.05) is 25.1 Å². The molecule has 0 saturated carbocycles. The smallest absolute Gasteiger partial charge is 0.340 e. The number of para-hydroxylation sites is 1. The standard InChI is InChI=1S/C22H21NO5/c1-3-15-8-10-16(11-9-15)20(24)14-28-21(25)13-23-12-18(22(26)27-2)17-6-4-5-7-19(17)23/h4-12H,3,13-14H2,1-2H3. The van der Waals surface area contributed by atoms with Crippen LogP contribution in [-0.2, 0) is 27.2 Å². The van der Waals surface area contributed by atoms with Gasteiger partial charge in [-0.1, -0.05) is 49.4 Å². The number of carbonyl (C=O) groups excluding carboxylic acids is 3. The van der Waals surface area contributed by atoms with Gasteiger partial charge in [-0.3, -0.25) is 9.59 Å². The molecule has 0 amide bonds. The highest BCUT2D eigenvalue weighted by molar-refractivity contribution is 6.04. The van der Waals surface area contributed by atoms with Crippen LogP contribution in [0.4, 0.5) is 0 Å². The van der Waals surface area contributed by atoms with Crippen molar-refractivity contribution in [2.45, 2.75) is 19.9 Å². The first-order valence-electron chi connectivity index (χ1n) is 8.97. The third kappa shape index (κ3) is 4.11. The number of ketones is 1. The van der Waals surface area contributed by atoms with Crippen LogP contribution in [0.15, 0.2) is 54.7 Å². The molecule has 0 fully saturated rings. The fraction of sp³-hybridized carbons (Fsp3) is 0.227. The lowest BCUT2D eigenvalue weighted by atomic mass is 10.1. The van der Waals surface area contributed by atoms with Crippen molar-refractivity contribution in [3.05, 3.63) is 71.4 Å². The number of aryl methyl sites for hydroxylation is 1. The number of Topliss-reactive ketones (excluding diaryl/α,β-unsaturated/α-hetero) is 1. The first-order valence-corrected chi connectivity index (χ1v) is 8.97. The summed E-state index contributed by atoms with van der Waals surface area (Å²) in [7, 11) is 1.31. The molecular weight excluding hydrogens is 358 g/mol. The van der Waals surface area contributed by atoms with Gasteiger partial charge in [-0.25, -0.2) is 4.79 Å². The van der Waals surface area contributed by atoms with Crippen molar-refractivity contribution in [3.63, 3.8) is 0 Å². The van der Waals surface area contributed by atoms with Crippen LogP contribution >= 0.6 is 0 Å². The van der Waals surface area contributed by atoms with E-state index in [0.29, 0.717) is 22.0 Å². The summed E-state index contributed by atoms with van der Waals surface area (Å²) in [5.74, 6) is -1.30. The van der Waals surface area contributed by atoms with Crippen molar-refractivity contribution in [1.29, 1.82) is 0 Å². The van der Waals surface area contributed by atoms with Crippen molar-refractivity contribution < 1.29 is 23.9 Å². The number of aromatic nitrogens is 1. The Labute approximate surface area is 162 Å². The van der Waals surface area contributed by atoms with Crippen LogP contribution in [0.2, 0.25) is 0 Å². The maximum atomic E-state index is 12.2. The molecule has 3 aromatic rings. The first-order chi connectivity index (χ1) is 13.5. The number of methoxy groups -OCH3 is 1. The number of nitrogens with zero attached hydrogens (tertiary/aromatic N) is 1. The summed E-state index contributed by atoms with van der Waals surface area (Å²) >= 11 is 0. The molecule has 144 valence electrons. The van der Waals surface area contributed by atoms with Crippen LogP contribution in [-0.4, -0.2) is 36.0 Å². The van der Waals surface area contributed by atoms with Gasteiger partial charge in [0.25, 0.3) is 0 Å². The Balaban J connectivity index is 1.68. The normalized spacial score (nSPS) is 10.6. The second-order valence-electron chi connectivity index (χ2n) is 6.31. The van der Waals surface area contributed by atoms with Gasteiger partial charge in [-0.05, 0) is 18.1 Å². The predicted octanol–water partition coefficient (Wildman–Crippen LogP) is 3.42. The SMILES string of the molecule is CCc1ccc(C(=O)COC(=O)Cn2cc(C(=O)OC)c3ccccc32)cc1. The fourth-order valence-electron chi connectivity index (χ4n) is 2.99. The number of hydrogen-bond donors (Lipinski definition) is 0. The van der Waals surface area contributed by atoms with E-state index in [0.717, 1.165) is 12.0 Å². The molecular formula is C22H21NO5. The van der Waals surface area contributed by atoms with Gasteiger partial charge in [0.2, 0.25) is 0 Å². The van der Waals surface area contributed by atoms with E-state index >= 15 is 0 Å². The summed E-state index contributed by atoms with van der Waals surface area (Å²) < 4.78 is 11.5. The van der Waals surface area contributed by atoms with E-state index in [9.17, 15) is 14.4 Å². The van der Waals surface area contributed by atoms with Crippen LogP contribution in [0, 0.1) is 0 Å². The Morgan fingerprint density at radius 2 is 1.71 bits per heavy atom. The highest BCUT2D eigenvalue weighted by atomic mass is 16.5. The molecule has 6 heteroatoms. The van der Waals surface area contributed by atoms with Crippen molar-refractivity contribution >= 4 is 28.6 Å². The Morgan fingerprint density at radius 3 is 2.39 bits per heavy atom. The first kappa shape index (κ1) is 19.4. The summed E-state index contributed by atoms with van der Waals surface area (Å²) in [6.45, 7) is 1.60. The molecule has 2 aromatic carbocycles. The Morgan fingerprint density at radius 1 is 1.00 bits per heavy atom. The number of fused-ring (bicyclic) bond motifs is 1. The number of esters is 2. The highest BCUT2D eigenvalue weighted by Crippen LogP contribution is 2.22. The van der Waals surface area contributed by atoms with Gasteiger partial charge in [0.15, 0.2) is 12.4 Å². The Bertz CT molecular complexity index is 1020. The second kappa shape index (κ2) is 8.52. The fourth-order valence-corrected chi connectivity index (χ4v) is 2.99. The second-order valence-corrected chi connectivity index (χ2v) is 6.31. The van der Waals surface area contributed by atoms with Crippen LogP contribution in [0.5, 0.6) is 0 Å². The molecule has 0 saturated heterocycles. The van der Waals surface area contributed by atoms with Crippen molar-refractivity contribution in [1.82, 2.24) is 4.57 Å². The molecule has 0 aliphatic carbocycles. The molecule has 0 aliphatic heterocycles. The summed E-state index contributed by atoms with van der Waals surface area (Å²) in [5, 5.41) is 0.689. The quantitative estimate of drug-likeness (QED) is 0.464. The molecule has 0 atom stereocenters. The van der Waals surface area contributed by atoms with Gasteiger partial charge in [0, 0.05) is 22.7 Å². The van der Waals surface area contributed by atoms with E-state index < -0.39 is 11.9 Å². The molecule has 0 aliphatic rings. The number of hydrogen-bond acceptors (Lipinski definition) is 5. The number of carbonyl (C=O) groups is 3. The summed E-state index contributed by atoms with van der Waals surface area (Å²) in [4.78, 5) is 36.4. The van der Waals surface area contributed by atoms with Crippen LogP contribution in [0.25, 0.3) is 10.9 Å². The number of benzene rings is 2. The summed E-state index contributed by atoms with van der Waals surface area (Å²) in [5.41, 5.74) is 2.72. The lowest BCUT2D eigenvalue weighted by molar-refractivity contribution is -0.143. The molecule has 0 spiro atoms. The lowest BCUT2D eigenvalue weighted by Gasteiger charge is -2.07. The zero-order valence-electron chi connectivity index (χ0n) is 15.8. The lowest BCUT2D eigenvalue weighted by Crippen LogP contribution is -2.18. The molecule has 1 aromatic heterocycles. The Hall–Kier alpha value is -3.41. The summed E-state index contributed by atoms with van der Waals surface area (Å²) in [6, 6.07) is 14.4. The molecule has 0 radical (unpaired) electrons. The molecule has 28 heavy (non-hydrogen) atoms. The number of ether oxygens (including phenoxy) is 2. The van der Waals surface area contributed by atoms with Gasteiger partial charge in [-0.2, -0.15) is 0 Å². The molecule has 6 nitrogen and oxygen atoms in total. The van der Waals surface area contributed by atoms with Gasteiger partial charge in [0.1, 0.15) is 6.54 Å². The van der Waals surface area contributed by atoms with Gasteiger partial charge in [0.05, 0.1) is 12.7 Å². The monoisotopic (exact) mass is 379 g/mol. The van der Waals surface area contributed by atoms with E-state index in [4.69, 9.17) is 9.47 Å². The Kier molecular flexibility index (Phi) is 5.89. The minimum Gasteiger partial charge on any atom is -0.465 e. The van der Waals surface area contributed by atoms with Crippen LogP contribution < -0.4 is 0 Å². The average molecular weight is 379 g/mol. The van der Waals surface area contributed by atoms with Crippen molar-refractivity contribution in [2.24, 2.45) is 0 Å². The molecule has 0 bridgehead atoms. The van der Waals surface area contributed by atoms with E-state index in [2.05, 4.69) is 0 Å². The maximum Gasteiger partial charge on any atom is 0.340 e. The summed E-state index contributed by atoms with van der Waals surface area (Å²) in [6.07, 6.45) is 2.45. The molecule has 1 heterocycles. The zero-order valence-corrected chi connectivity index (χ0v) is 15.8. The van der Waals surface area contributed by atoms with Crippen LogP contribution in [0.3, 0.4) is 0 Å². The molecule has 3 rings (SSSR count). The van der Waals surface area contributed by atoms with Gasteiger partial charge < -0.3 is 14.0 Å². The van der Waals surface area contributed by atoms with Crippen LogP contribution in [0.1, 0.15) is 33.2 Å². The molecule has 0 unspecified atom stereocenters. The van der Waals surface area contributed by atoms with Gasteiger partial charge >= 0.3 is 11.9 Å². The topological polar surface area (TPSA) is 74.6 Å². The minimum absolute atomic E-state index is 0.112. The number of rotatable bonds is 7. The van der Waals surface area contributed by atoms with Crippen molar-refractivity contribution in [3.8, 4) is 0 Å². The third-order valence-corrected chi connectivity index (χ3v) is 4.54. The largest absolute Gasteiger partial charge is 0.465 e. The zero-order chi connectivity index (χ0) is 20.1. The third-order valence-electron chi connectivity index (χ3n) is 4.54. The van der Waals surface area contributed by atoms with E-state index in [1.165, 1.54) is 7.11 Å². The van der Waals surface area contributed by atoms with Gasteiger partial charge in [-0.15, -0.1) is 0 Å². The average Bonchev–Trinajstić information content (AvgIpc) is 3.10. The minimum atomic E-state index is -0.560. The van der Waals surface area contributed by atoms with Crippen molar-refractivity contribution in [2.75, 3.05) is 13.7 Å².